The summed E-state index contributed by atoms with van der Waals surface area (Å²) in [4.78, 5) is 2.36. The van der Waals surface area contributed by atoms with E-state index in [2.05, 4.69) is 20.4 Å². The van der Waals surface area contributed by atoms with Crippen molar-refractivity contribution >= 4 is 0 Å². The Hall–Kier alpha value is -1.76. The highest BCUT2D eigenvalue weighted by Gasteiger charge is 2.21. The number of aromatic nitrogens is 2. The quantitative estimate of drug-likeness (QED) is 0.764. The van der Waals surface area contributed by atoms with E-state index in [4.69, 9.17) is 4.42 Å². The molecule has 25 heavy (non-hydrogen) atoms. The Balaban J connectivity index is 1.34. The van der Waals surface area contributed by atoms with Gasteiger partial charge in [0.15, 0.2) is 0 Å². The lowest BCUT2D eigenvalue weighted by molar-refractivity contribution is 0.0890. The van der Waals surface area contributed by atoms with E-state index in [1.807, 2.05) is 37.3 Å². The highest BCUT2D eigenvalue weighted by molar-refractivity contribution is 5.17. The number of aryl methyl sites for hydroxylation is 1. The molecule has 1 aliphatic rings. The third-order valence-corrected chi connectivity index (χ3v) is 4.84. The maximum absolute atomic E-state index is 10.4. The van der Waals surface area contributed by atoms with Gasteiger partial charge in [-0.1, -0.05) is 37.3 Å². The molecule has 0 saturated carbocycles. The summed E-state index contributed by atoms with van der Waals surface area (Å²) in [6.45, 7) is 6.41. The van der Waals surface area contributed by atoms with Gasteiger partial charge in [-0.15, -0.1) is 10.2 Å². The first-order valence-corrected chi connectivity index (χ1v) is 9.22. The molecular weight excluding hydrogens is 316 g/mol. The van der Waals surface area contributed by atoms with Crippen LogP contribution in [0.1, 0.15) is 43.2 Å². The minimum absolute atomic E-state index is 0.402. The third kappa shape index (κ3) is 5.36. The van der Waals surface area contributed by atoms with E-state index in [1.165, 1.54) is 0 Å². The van der Waals surface area contributed by atoms with E-state index in [0.29, 0.717) is 30.8 Å². The van der Waals surface area contributed by atoms with Gasteiger partial charge in [-0.05, 0) is 44.0 Å². The number of aliphatic hydroxyl groups is 1. The maximum atomic E-state index is 10.4. The maximum Gasteiger partial charge on any atom is 0.230 e. The fraction of sp³-hybridized carbons (Fsp3) is 0.579. The zero-order chi connectivity index (χ0) is 17.5. The zero-order valence-corrected chi connectivity index (χ0v) is 14.9. The number of benzene rings is 1. The van der Waals surface area contributed by atoms with Crippen LogP contribution in [0.15, 0.2) is 34.7 Å². The fourth-order valence-corrected chi connectivity index (χ4v) is 3.28. The molecule has 1 aromatic carbocycles. The van der Waals surface area contributed by atoms with Gasteiger partial charge in [0.1, 0.15) is 0 Å². The Kier molecular flexibility index (Phi) is 6.55. The molecule has 1 aromatic heterocycles. The minimum Gasteiger partial charge on any atom is -0.424 e. The van der Waals surface area contributed by atoms with Gasteiger partial charge in [-0.3, -0.25) is 0 Å². The molecule has 2 N–H and O–H groups in total. The smallest absolute Gasteiger partial charge is 0.230 e. The number of piperidine rings is 1. The molecular formula is C19H28N4O2. The molecule has 1 aliphatic heterocycles. The number of nitrogens with zero attached hydrogens (tertiary/aromatic N) is 3. The van der Waals surface area contributed by atoms with Crippen LogP contribution in [0, 0.1) is 5.92 Å². The summed E-state index contributed by atoms with van der Waals surface area (Å²) in [7, 11) is 0. The Morgan fingerprint density at radius 1 is 1.20 bits per heavy atom. The zero-order valence-electron chi connectivity index (χ0n) is 14.9. The molecule has 6 heteroatoms. The summed E-state index contributed by atoms with van der Waals surface area (Å²) in [5.74, 6) is 2.03. The standard InChI is InChI=1S/C19H28N4O2/c1-2-18-21-22-19(25-18)13-20-12-15-8-10-23(11-9-15)14-17(24)16-6-4-3-5-7-16/h3-7,15,17,20,24H,2,8-14H2,1H3/t17-/m0/s1. The summed E-state index contributed by atoms with van der Waals surface area (Å²) in [6, 6.07) is 9.91. The van der Waals surface area contributed by atoms with E-state index < -0.39 is 6.10 Å². The van der Waals surface area contributed by atoms with Crippen LogP contribution in [0.2, 0.25) is 0 Å². The van der Waals surface area contributed by atoms with Crippen molar-refractivity contribution in [2.75, 3.05) is 26.2 Å². The number of rotatable bonds is 8. The van der Waals surface area contributed by atoms with Crippen LogP contribution < -0.4 is 5.32 Å². The van der Waals surface area contributed by atoms with Gasteiger partial charge in [0.25, 0.3) is 0 Å². The van der Waals surface area contributed by atoms with Crippen molar-refractivity contribution in [1.29, 1.82) is 0 Å². The van der Waals surface area contributed by atoms with Crippen molar-refractivity contribution in [1.82, 2.24) is 20.4 Å². The number of aliphatic hydroxyl groups excluding tert-OH is 1. The molecule has 1 atom stereocenters. The Labute approximate surface area is 149 Å². The summed E-state index contributed by atoms with van der Waals surface area (Å²) in [6.07, 6.45) is 2.68. The van der Waals surface area contributed by atoms with Crippen molar-refractivity contribution in [3.8, 4) is 0 Å². The summed E-state index contributed by atoms with van der Waals surface area (Å²) < 4.78 is 5.50. The highest BCUT2D eigenvalue weighted by atomic mass is 16.4. The summed E-state index contributed by atoms with van der Waals surface area (Å²) in [5.41, 5.74) is 0.997. The molecule has 0 unspecified atom stereocenters. The van der Waals surface area contributed by atoms with Gasteiger partial charge in [0.05, 0.1) is 12.6 Å². The molecule has 0 amide bonds. The van der Waals surface area contributed by atoms with Gasteiger partial charge in [0, 0.05) is 13.0 Å². The molecule has 1 saturated heterocycles. The van der Waals surface area contributed by atoms with E-state index in [9.17, 15) is 5.11 Å². The van der Waals surface area contributed by atoms with Crippen LogP contribution in [-0.4, -0.2) is 46.4 Å². The Morgan fingerprint density at radius 3 is 2.60 bits per heavy atom. The first-order chi connectivity index (χ1) is 12.2. The molecule has 0 bridgehead atoms. The van der Waals surface area contributed by atoms with Crippen molar-refractivity contribution < 1.29 is 9.52 Å². The first-order valence-electron chi connectivity index (χ1n) is 9.22. The number of nitrogens with one attached hydrogen (secondary N) is 1. The second-order valence-corrected chi connectivity index (χ2v) is 6.74. The Morgan fingerprint density at radius 2 is 1.92 bits per heavy atom. The summed E-state index contributed by atoms with van der Waals surface area (Å²) >= 11 is 0. The second kappa shape index (κ2) is 9.08. The molecule has 136 valence electrons. The van der Waals surface area contributed by atoms with Gasteiger partial charge >= 0.3 is 0 Å². The van der Waals surface area contributed by atoms with Gasteiger partial charge < -0.3 is 19.7 Å². The van der Waals surface area contributed by atoms with E-state index in [0.717, 1.165) is 44.5 Å². The van der Waals surface area contributed by atoms with Crippen LogP contribution in [-0.2, 0) is 13.0 Å². The normalized spacial score (nSPS) is 17.7. The lowest BCUT2D eigenvalue weighted by Crippen LogP contribution is -2.39. The van der Waals surface area contributed by atoms with Crippen molar-refractivity contribution in [2.24, 2.45) is 5.92 Å². The first kappa shape index (κ1) is 18.0. The lowest BCUT2D eigenvalue weighted by Gasteiger charge is -2.33. The topological polar surface area (TPSA) is 74.4 Å². The van der Waals surface area contributed by atoms with Crippen LogP contribution in [0.5, 0.6) is 0 Å². The number of β-amino-alcohol motifs (C(OH)–C–C–N with tert-alkyl or cyclic N) is 1. The molecule has 2 heterocycles. The van der Waals surface area contributed by atoms with Gasteiger partial charge in [-0.2, -0.15) is 0 Å². The minimum atomic E-state index is -0.402. The lowest BCUT2D eigenvalue weighted by atomic mass is 9.96. The summed E-state index contributed by atoms with van der Waals surface area (Å²) in [5, 5.41) is 21.8. The average Bonchev–Trinajstić information content (AvgIpc) is 3.12. The molecule has 0 aliphatic carbocycles. The largest absolute Gasteiger partial charge is 0.424 e. The molecule has 3 rings (SSSR count). The monoisotopic (exact) mass is 344 g/mol. The third-order valence-electron chi connectivity index (χ3n) is 4.84. The molecule has 6 nitrogen and oxygen atoms in total. The second-order valence-electron chi connectivity index (χ2n) is 6.74. The number of hydrogen-bond donors (Lipinski definition) is 2. The van der Waals surface area contributed by atoms with Crippen LogP contribution >= 0.6 is 0 Å². The van der Waals surface area contributed by atoms with Crippen molar-refractivity contribution in [3.05, 3.63) is 47.7 Å². The number of hydrogen-bond acceptors (Lipinski definition) is 6. The van der Waals surface area contributed by atoms with E-state index in [1.54, 1.807) is 0 Å². The number of likely N-dealkylation sites (tertiary alicyclic amines) is 1. The van der Waals surface area contributed by atoms with Gasteiger partial charge in [-0.25, -0.2) is 0 Å². The van der Waals surface area contributed by atoms with Crippen molar-refractivity contribution in [2.45, 2.75) is 38.8 Å². The van der Waals surface area contributed by atoms with Crippen molar-refractivity contribution in [3.63, 3.8) is 0 Å². The molecule has 0 radical (unpaired) electrons. The van der Waals surface area contributed by atoms with E-state index >= 15 is 0 Å². The van der Waals surface area contributed by atoms with Crippen LogP contribution in [0.25, 0.3) is 0 Å². The molecule has 0 spiro atoms. The fourth-order valence-electron chi connectivity index (χ4n) is 3.28. The molecule has 1 fully saturated rings. The van der Waals surface area contributed by atoms with Gasteiger partial charge in [0.2, 0.25) is 11.8 Å². The Bertz CT molecular complexity index is 623. The van der Waals surface area contributed by atoms with Crippen LogP contribution in [0.3, 0.4) is 0 Å². The predicted octanol–water partition coefficient (Wildman–Crippen LogP) is 2.17. The highest BCUT2D eigenvalue weighted by Crippen LogP contribution is 2.20. The molecule has 2 aromatic rings. The van der Waals surface area contributed by atoms with Crippen LogP contribution in [0.4, 0.5) is 0 Å². The van der Waals surface area contributed by atoms with E-state index in [-0.39, 0.29) is 0 Å². The predicted molar refractivity (Wildman–Crippen MR) is 95.9 cm³/mol. The average molecular weight is 344 g/mol. The SMILES string of the molecule is CCc1nnc(CNCC2CCN(C[C@H](O)c3ccccc3)CC2)o1.